The van der Waals surface area contributed by atoms with Crippen molar-refractivity contribution in [1.82, 2.24) is 5.48 Å². The maximum atomic E-state index is 10.4. The number of carbonyl (C=O) groups is 1. The summed E-state index contributed by atoms with van der Waals surface area (Å²) in [6.45, 7) is 2.32. The smallest absolute Gasteiger partial charge is 0.305 e. The molecule has 0 fully saturated rings. The SMILES string of the molecule is CCCCCC(O)C=CC1=CC[C@@H]2CC(NOCCC(=O)O)=C[C@@H]12. The van der Waals surface area contributed by atoms with Gasteiger partial charge >= 0.3 is 5.97 Å². The summed E-state index contributed by atoms with van der Waals surface area (Å²) >= 11 is 0. The summed E-state index contributed by atoms with van der Waals surface area (Å²) in [5, 5.41) is 18.6. The minimum atomic E-state index is -0.859. The molecule has 3 atom stereocenters. The number of hydrogen-bond donors (Lipinski definition) is 3. The van der Waals surface area contributed by atoms with Gasteiger partial charge in [0, 0.05) is 11.6 Å². The Morgan fingerprint density at radius 1 is 1.50 bits per heavy atom. The van der Waals surface area contributed by atoms with E-state index in [0.29, 0.717) is 11.8 Å². The molecule has 134 valence electrons. The van der Waals surface area contributed by atoms with Crippen LogP contribution in [0.5, 0.6) is 0 Å². The van der Waals surface area contributed by atoms with Crippen LogP contribution in [-0.2, 0) is 9.63 Å². The molecule has 0 spiro atoms. The van der Waals surface area contributed by atoms with Gasteiger partial charge in [-0.1, -0.05) is 50.5 Å². The quantitative estimate of drug-likeness (QED) is 0.399. The topological polar surface area (TPSA) is 78.8 Å². The summed E-state index contributed by atoms with van der Waals surface area (Å²) in [5.74, 6) is 0.0593. The zero-order chi connectivity index (χ0) is 17.4. The molecule has 5 heteroatoms. The Balaban J connectivity index is 1.77. The molecule has 2 rings (SSSR count). The van der Waals surface area contributed by atoms with Gasteiger partial charge in [0.2, 0.25) is 0 Å². The lowest BCUT2D eigenvalue weighted by atomic mass is 9.94. The zero-order valence-electron chi connectivity index (χ0n) is 14.4. The normalized spacial score (nSPS) is 23.9. The highest BCUT2D eigenvalue weighted by atomic mass is 16.6. The number of aliphatic hydroxyl groups excluding tert-OH is 1. The first-order valence-electron chi connectivity index (χ1n) is 8.96. The monoisotopic (exact) mass is 335 g/mol. The van der Waals surface area contributed by atoms with Crippen molar-refractivity contribution >= 4 is 5.97 Å². The average Bonchev–Trinajstić information content (AvgIpc) is 3.10. The first-order chi connectivity index (χ1) is 11.6. The minimum absolute atomic E-state index is 0.00303. The summed E-state index contributed by atoms with van der Waals surface area (Å²) in [7, 11) is 0. The predicted molar refractivity (Wildman–Crippen MR) is 93.0 cm³/mol. The Morgan fingerprint density at radius 2 is 2.33 bits per heavy atom. The van der Waals surface area contributed by atoms with Crippen LogP contribution < -0.4 is 5.48 Å². The van der Waals surface area contributed by atoms with Crippen molar-refractivity contribution in [3.8, 4) is 0 Å². The third-order valence-electron chi connectivity index (χ3n) is 4.65. The van der Waals surface area contributed by atoms with Crippen molar-refractivity contribution in [2.75, 3.05) is 6.61 Å². The Kier molecular flexibility index (Phi) is 7.53. The second kappa shape index (κ2) is 9.64. The van der Waals surface area contributed by atoms with Gasteiger partial charge in [0.25, 0.3) is 0 Å². The molecule has 0 aromatic heterocycles. The molecule has 0 aromatic carbocycles. The van der Waals surface area contributed by atoms with Crippen LogP contribution in [0.4, 0.5) is 0 Å². The number of rotatable bonds is 11. The summed E-state index contributed by atoms with van der Waals surface area (Å²) in [5.41, 5.74) is 5.17. The molecule has 1 unspecified atom stereocenters. The fourth-order valence-corrected chi connectivity index (χ4v) is 3.31. The zero-order valence-corrected chi connectivity index (χ0v) is 14.4. The highest BCUT2D eigenvalue weighted by molar-refractivity contribution is 5.66. The predicted octanol–water partition coefficient (Wildman–Crippen LogP) is 3.33. The third kappa shape index (κ3) is 5.80. The third-order valence-corrected chi connectivity index (χ3v) is 4.65. The molecule has 5 nitrogen and oxygen atoms in total. The van der Waals surface area contributed by atoms with E-state index in [-0.39, 0.29) is 19.1 Å². The fourth-order valence-electron chi connectivity index (χ4n) is 3.31. The average molecular weight is 335 g/mol. The van der Waals surface area contributed by atoms with Gasteiger partial charge in [-0.05, 0) is 30.8 Å². The molecular weight excluding hydrogens is 306 g/mol. The highest BCUT2D eigenvalue weighted by Gasteiger charge is 2.32. The minimum Gasteiger partial charge on any atom is -0.481 e. The van der Waals surface area contributed by atoms with Crippen molar-refractivity contribution in [2.45, 2.75) is 58.0 Å². The second-order valence-corrected chi connectivity index (χ2v) is 6.64. The van der Waals surface area contributed by atoms with Gasteiger partial charge < -0.3 is 10.2 Å². The van der Waals surface area contributed by atoms with Crippen molar-refractivity contribution in [1.29, 1.82) is 0 Å². The van der Waals surface area contributed by atoms with E-state index in [1.165, 1.54) is 12.0 Å². The molecule has 0 bridgehead atoms. The summed E-state index contributed by atoms with van der Waals surface area (Å²) in [6, 6.07) is 0. The van der Waals surface area contributed by atoms with Gasteiger partial charge in [0.15, 0.2) is 0 Å². The van der Waals surface area contributed by atoms with Crippen LogP contribution in [0, 0.1) is 11.8 Å². The molecule has 0 heterocycles. The lowest BCUT2D eigenvalue weighted by Crippen LogP contribution is -2.16. The van der Waals surface area contributed by atoms with E-state index in [2.05, 4.69) is 30.6 Å². The molecule has 0 saturated heterocycles. The molecule has 0 aromatic rings. The van der Waals surface area contributed by atoms with Crippen LogP contribution >= 0.6 is 0 Å². The highest BCUT2D eigenvalue weighted by Crippen LogP contribution is 2.42. The van der Waals surface area contributed by atoms with Gasteiger partial charge in [-0.2, -0.15) is 0 Å². The van der Waals surface area contributed by atoms with Gasteiger partial charge in [-0.15, -0.1) is 0 Å². The van der Waals surface area contributed by atoms with Crippen molar-refractivity contribution in [3.05, 3.63) is 35.6 Å². The van der Waals surface area contributed by atoms with Gasteiger partial charge in [0.05, 0.1) is 19.1 Å². The number of carboxylic acids is 1. The number of hydrogen-bond acceptors (Lipinski definition) is 4. The summed E-state index contributed by atoms with van der Waals surface area (Å²) < 4.78 is 0. The molecule has 2 aliphatic carbocycles. The van der Waals surface area contributed by atoms with E-state index in [4.69, 9.17) is 9.94 Å². The number of nitrogens with one attached hydrogen (secondary N) is 1. The molecule has 24 heavy (non-hydrogen) atoms. The van der Waals surface area contributed by atoms with Crippen LogP contribution in [0.25, 0.3) is 0 Å². The number of aliphatic hydroxyl groups is 1. The lowest BCUT2D eigenvalue weighted by Gasteiger charge is -2.11. The van der Waals surface area contributed by atoms with Crippen LogP contribution in [0.15, 0.2) is 35.6 Å². The lowest BCUT2D eigenvalue weighted by molar-refractivity contribution is -0.138. The van der Waals surface area contributed by atoms with E-state index in [1.54, 1.807) is 0 Å². The van der Waals surface area contributed by atoms with Crippen LogP contribution in [0.1, 0.15) is 51.9 Å². The van der Waals surface area contributed by atoms with E-state index in [1.807, 2.05) is 6.08 Å². The fraction of sp³-hybridized carbons (Fsp3) is 0.632. The number of fused-ring (bicyclic) bond motifs is 1. The van der Waals surface area contributed by atoms with E-state index in [0.717, 1.165) is 37.8 Å². The first kappa shape index (κ1) is 18.7. The number of hydroxylamine groups is 1. The van der Waals surface area contributed by atoms with Crippen molar-refractivity contribution < 1.29 is 19.8 Å². The van der Waals surface area contributed by atoms with Gasteiger partial charge in [-0.25, -0.2) is 0 Å². The Morgan fingerprint density at radius 3 is 3.08 bits per heavy atom. The number of allylic oxidation sites excluding steroid dienone is 5. The molecule has 2 aliphatic rings. The number of unbranched alkanes of at least 4 members (excludes halogenated alkanes) is 2. The Labute approximate surface area is 144 Å². The second-order valence-electron chi connectivity index (χ2n) is 6.64. The largest absolute Gasteiger partial charge is 0.481 e. The van der Waals surface area contributed by atoms with Crippen LogP contribution in [-0.4, -0.2) is 28.9 Å². The summed E-state index contributed by atoms with van der Waals surface area (Å²) in [4.78, 5) is 15.7. The number of aliphatic carboxylic acids is 1. The number of carboxylic acid groups (broad SMARTS) is 1. The summed E-state index contributed by atoms with van der Waals surface area (Å²) in [6.07, 6.45) is 14.2. The molecule has 0 amide bonds. The Bertz CT molecular complexity index is 509. The van der Waals surface area contributed by atoms with E-state index >= 15 is 0 Å². The first-order valence-corrected chi connectivity index (χ1v) is 8.96. The Hall–Kier alpha value is -1.59. The van der Waals surface area contributed by atoms with Gasteiger partial charge in [-0.3, -0.25) is 15.1 Å². The standard InChI is InChI=1S/C19H29NO4/c1-2-3-4-5-17(21)9-8-14-6-7-15-12-16(13-18(14)15)20-24-11-10-19(22)23/h6,8-9,13,15,17-18,20-21H,2-5,7,10-12H2,1H3,(H,22,23)/t15-,17?,18+/m1/s1. The van der Waals surface area contributed by atoms with Crippen LogP contribution in [0.2, 0.25) is 0 Å². The molecule has 0 radical (unpaired) electrons. The van der Waals surface area contributed by atoms with E-state index < -0.39 is 5.97 Å². The van der Waals surface area contributed by atoms with Crippen LogP contribution in [0.3, 0.4) is 0 Å². The van der Waals surface area contributed by atoms with Crippen molar-refractivity contribution in [3.63, 3.8) is 0 Å². The molecular formula is C19H29NO4. The van der Waals surface area contributed by atoms with Crippen molar-refractivity contribution in [2.24, 2.45) is 11.8 Å². The maximum absolute atomic E-state index is 10.4. The van der Waals surface area contributed by atoms with Gasteiger partial charge in [0.1, 0.15) is 0 Å². The molecule has 0 aliphatic heterocycles. The molecule has 3 N–H and O–H groups in total. The maximum Gasteiger partial charge on any atom is 0.305 e. The van der Waals surface area contributed by atoms with E-state index in [9.17, 15) is 9.90 Å². The molecule has 0 saturated carbocycles.